The number of hydrogen-bond donors (Lipinski definition) is 1. The summed E-state index contributed by atoms with van der Waals surface area (Å²) in [6, 6.07) is 3.40. The number of pyridine rings is 1. The SMILES string of the molecule is CCC(C)CN(C)C(=O)c1cc(C)nc(N)c1. The Labute approximate surface area is 103 Å². The van der Waals surface area contributed by atoms with Crippen LogP contribution in [0.3, 0.4) is 0 Å². The lowest BCUT2D eigenvalue weighted by molar-refractivity contribution is 0.0775. The van der Waals surface area contributed by atoms with Gasteiger partial charge in [0.15, 0.2) is 0 Å². The zero-order valence-corrected chi connectivity index (χ0v) is 11.0. The highest BCUT2D eigenvalue weighted by Crippen LogP contribution is 2.11. The molecule has 1 rings (SSSR count). The number of hydrogen-bond acceptors (Lipinski definition) is 3. The number of aryl methyl sites for hydroxylation is 1. The summed E-state index contributed by atoms with van der Waals surface area (Å²) in [6.45, 7) is 6.85. The van der Waals surface area contributed by atoms with E-state index in [1.54, 1.807) is 17.0 Å². The highest BCUT2D eigenvalue weighted by atomic mass is 16.2. The van der Waals surface area contributed by atoms with E-state index in [9.17, 15) is 4.79 Å². The van der Waals surface area contributed by atoms with E-state index in [1.807, 2.05) is 14.0 Å². The predicted molar refractivity (Wildman–Crippen MR) is 69.8 cm³/mol. The maximum Gasteiger partial charge on any atom is 0.253 e. The summed E-state index contributed by atoms with van der Waals surface area (Å²) in [5.74, 6) is 0.900. The van der Waals surface area contributed by atoms with Crippen LogP contribution in [0.5, 0.6) is 0 Å². The van der Waals surface area contributed by atoms with Gasteiger partial charge in [0.05, 0.1) is 0 Å². The minimum Gasteiger partial charge on any atom is -0.384 e. The van der Waals surface area contributed by atoms with Gasteiger partial charge in [-0.2, -0.15) is 0 Å². The van der Waals surface area contributed by atoms with E-state index in [2.05, 4.69) is 18.8 Å². The molecule has 94 valence electrons. The molecule has 0 aliphatic heterocycles. The third kappa shape index (κ3) is 3.73. The summed E-state index contributed by atoms with van der Waals surface area (Å²) in [5, 5.41) is 0. The molecule has 0 spiro atoms. The maximum atomic E-state index is 12.1. The number of anilines is 1. The fourth-order valence-electron chi connectivity index (χ4n) is 1.72. The van der Waals surface area contributed by atoms with Gasteiger partial charge in [0.2, 0.25) is 0 Å². The molecule has 1 aromatic rings. The second-order valence-electron chi connectivity index (χ2n) is 4.62. The van der Waals surface area contributed by atoms with E-state index in [1.165, 1.54) is 0 Å². The first kappa shape index (κ1) is 13.5. The molecule has 0 saturated heterocycles. The standard InChI is InChI=1S/C13H21N3O/c1-5-9(2)8-16(4)13(17)11-6-10(3)15-12(14)7-11/h6-7,9H,5,8H2,1-4H3,(H2,14,15). The van der Waals surface area contributed by atoms with E-state index >= 15 is 0 Å². The topological polar surface area (TPSA) is 59.2 Å². The number of nitrogens with zero attached hydrogens (tertiary/aromatic N) is 2. The summed E-state index contributed by atoms with van der Waals surface area (Å²) in [6.07, 6.45) is 1.06. The summed E-state index contributed by atoms with van der Waals surface area (Å²) in [4.78, 5) is 17.9. The van der Waals surface area contributed by atoms with Gasteiger partial charge in [-0.3, -0.25) is 4.79 Å². The fourth-order valence-corrected chi connectivity index (χ4v) is 1.72. The Morgan fingerprint density at radius 2 is 2.18 bits per heavy atom. The summed E-state index contributed by atoms with van der Waals surface area (Å²) in [5.41, 5.74) is 7.02. The molecule has 0 fully saturated rings. The normalized spacial score (nSPS) is 12.2. The van der Waals surface area contributed by atoms with E-state index in [0.717, 1.165) is 18.7 Å². The molecule has 1 aromatic heterocycles. The Bertz CT molecular complexity index is 383. The number of carbonyl (C=O) groups is 1. The first-order valence-electron chi connectivity index (χ1n) is 5.93. The third-order valence-corrected chi connectivity index (χ3v) is 2.85. The number of nitrogen functional groups attached to an aromatic ring is 1. The lowest BCUT2D eigenvalue weighted by atomic mass is 10.1. The third-order valence-electron chi connectivity index (χ3n) is 2.85. The van der Waals surface area contributed by atoms with Crippen LogP contribution in [0.1, 0.15) is 36.3 Å². The van der Waals surface area contributed by atoms with Crippen LogP contribution in [0, 0.1) is 12.8 Å². The Balaban J connectivity index is 2.81. The van der Waals surface area contributed by atoms with Crippen molar-refractivity contribution in [1.82, 2.24) is 9.88 Å². The van der Waals surface area contributed by atoms with Crippen LogP contribution in [0.2, 0.25) is 0 Å². The Morgan fingerprint density at radius 1 is 1.53 bits per heavy atom. The van der Waals surface area contributed by atoms with E-state index in [-0.39, 0.29) is 5.91 Å². The molecule has 0 aliphatic rings. The lowest BCUT2D eigenvalue weighted by Gasteiger charge is -2.21. The minimum absolute atomic E-state index is 0.00231. The molecule has 4 nitrogen and oxygen atoms in total. The average molecular weight is 235 g/mol. The zero-order valence-electron chi connectivity index (χ0n) is 11.0. The van der Waals surface area contributed by atoms with Crippen LogP contribution < -0.4 is 5.73 Å². The van der Waals surface area contributed by atoms with Gasteiger partial charge in [-0.15, -0.1) is 0 Å². The first-order chi connectivity index (χ1) is 7.93. The molecular formula is C13H21N3O. The van der Waals surface area contributed by atoms with Gasteiger partial charge in [-0.05, 0) is 25.0 Å². The highest BCUT2D eigenvalue weighted by Gasteiger charge is 2.14. The number of nitrogens with two attached hydrogens (primary N) is 1. The molecule has 1 unspecified atom stereocenters. The molecule has 0 saturated carbocycles. The highest BCUT2D eigenvalue weighted by molar-refractivity contribution is 5.94. The fraction of sp³-hybridized carbons (Fsp3) is 0.538. The molecule has 0 aliphatic carbocycles. The van der Waals surface area contributed by atoms with Gasteiger partial charge in [0.25, 0.3) is 5.91 Å². The first-order valence-corrected chi connectivity index (χ1v) is 5.93. The van der Waals surface area contributed by atoms with Crippen molar-refractivity contribution in [2.45, 2.75) is 27.2 Å². The molecular weight excluding hydrogens is 214 g/mol. The van der Waals surface area contributed by atoms with Crippen LogP contribution in [0.25, 0.3) is 0 Å². The monoisotopic (exact) mass is 235 g/mol. The summed E-state index contributed by atoms with van der Waals surface area (Å²) >= 11 is 0. The van der Waals surface area contributed by atoms with Gasteiger partial charge in [0, 0.05) is 24.8 Å². The van der Waals surface area contributed by atoms with Crippen LogP contribution in [-0.4, -0.2) is 29.4 Å². The molecule has 1 atom stereocenters. The second-order valence-corrected chi connectivity index (χ2v) is 4.62. The summed E-state index contributed by atoms with van der Waals surface area (Å²) in [7, 11) is 1.82. The minimum atomic E-state index is 0.00231. The number of aromatic nitrogens is 1. The van der Waals surface area contributed by atoms with Gasteiger partial charge in [-0.25, -0.2) is 4.98 Å². The average Bonchev–Trinajstić information content (AvgIpc) is 2.26. The predicted octanol–water partition coefficient (Wildman–Crippen LogP) is 2.09. The maximum absolute atomic E-state index is 12.1. The molecule has 4 heteroatoms. The van der Waals surface area contributed by atoms with Gasteiger partial charge in [0.1, 0.15) is 5.82 Å². The van der Waals surface area contributed by atoms with E-state index in [0.29, 0.717) is 17.3 Å². The number of rotatable bonds is 4. The molecule has 1 amide bonds. The Kier molecular flexibility index (Phi) is 4.49. The van der Waals surface area contributed by atoms with Crippen molar-refractivity contribution < 1.29 is 4.79 Å². The Morgan fingerprint density at radius 3 is 2.71 bits per heavy atom. The van der Waals surface area contributed by atoms with Gasteiger partial charge < -0.3 is 10.6 Å². The van der Waals surface area contributed by atoms with E-state index < -0.39 is 0 Å². The van der Waals surface area contributed by atoms with Crippen molar-refractivity contribution in [2.75, 3.05) is 19.3 Å². The van der Waals surface area contributed by atoms with Crippen molar-refractivity contribution in [3.05, 3.63) is 23.4 Å². The molecule has 17 heavy (non-hydrogen) atoms. The van der Waals surface area contributed by atoms with Crippen molar-refractivity contribution in [2.24, 2.45) is 5.92 Å². The largest absolute Gasteiger partial charge is 0.384 e. The van der Waals surface area contributed by atoms with E-state index in [4.69, 9.17) is 5.73 Å². The number of amides is 1. The summed E-state index contributed by atoms with van der Waals surface area (Å²) < 4.78 is 0. The van der Waals surface area contributed by atoms with Crippen molar-refractivity contribution in [1.29, 1.82) is 0 Å². The Hall–Kier alpha value is -1.58. The lowest BCUT2D eigenvalue weighted by Crippen LogP contribution is -2.31. The molecule has 0 bridgehead atoms. The van der Waals surface area contributed by atoms with Crippen LogP contribution >= 0.6 is 0 Å². The van der Waals surface area contributed by atoms with Crippen molar-refractivity contribution in [3.8, 4) is 0 Å². The molecule has 2 N–H and O–H groups in total. The molecule has 1 heterocycles. The van der Waals surface area contributed by atoms with Crippen LogP contribution in [0.15, 0.2) is 12.1 Å². The smallest absolute Gasteiger partial charge is 0.253 e. The van der Waals surface area contributed by atoms with Gasteiger partial charge in [-0.1, -0.05) is 20.3 Å². The van der Waals surface area contributed by atoms with Crippen LogP contribution in [-0.2, 0) is 0 Å². The van der Waals surface area contributed by atoms with Crippen molar-refractivity contribution in [3.63, 3.8) is 0 Å². The van der Waals surface area contributed by atoms with Crippen molar-refractivity contribution >= 4 is 11.7 Å². The molecule has 0 radical (unpaired) electrons. The van der Waals surface area contributed by atoms with Gasteiger partial charge >= 0.3 is 0 Å². The second kappa shape index (κ2) is 5.66. The quantitative estimate of drug-likeness (QED) is 0.869. The molecule has 0 aromatic carbocycles. The van der Waals surface area contributed by atoms with Crippen LogP contribution in [0.4, 0.5) is 5.82 Å². The zero-order chi connectivity index (χ0) is 13.0. The number of carbonyl (C=O) groups excluding carboxylic acids is 1.